The first-order valence-corrected chi connectivity index (χ1v) is 5.57. The number of halogens is 1. The van der Waals surface area contributed by atoms with Gasteiger partial charge in [0.25, 0.3) is 0 Å². The van der Waals surface area contributed by atoms with Gasteiger partial charge >= 0.3 is 5.97 Å². The van der Waals surface area contributed by atoms with Crippen LogP contribution in [0, 0.1) is 0 Å². The highest BCUT2D eigenvalue weighted by molar-refractivity contribution is 6.35. The third-order valence-corrected chi connectivity index (χ3v) is 2.56. The summed E-state index contributed by atoms with van der Waals surface area (Å²) < 4.78 is 6.63. The minimum absolute atomic E-state index is 0.0184. The van der Waals surface area contributed by atoms with Crippen molar-refractivity contribution >= 4 is 17.6 Å². The molecular weight excluding hydrogens is 258 g/mol. The molecule has 0 atom stereocenters. The number of carbonyl (C=O) groups is 1. The molecule has 7 heteroatoms. The Balaban J connectivity index is 2.43. The van der Waals surface area contributed by atoms with E-state index < -0.39 is 5.97 Å². The lowest BCUT2D eigenvalue weighted by Gasteiger charge is -2.05. The number of hydrogen-bond donors (Lipinski definition) is 1. The molecule has 2 rings (SSSR count). The molecule has 0 bridgehead atoms. The average molecular weight is 268 g/mol. The Bertz CT molecular complexity index is 583. The Morgan fingerprint density at radius 1 is 1.61 bits per heavy atom. The Morgan fingerprint density at radius 3 is 3.06 bits per heavy atom. The standard InChI is InChI=1S/C11H10ClN3O3/c1-2-18-7-5-14-15(6-7)10-9(12)8(11(16)17)3-4-13-10/h3-6H,2H2,1H3,(H,16,17). The molecule has 94 valence electrons. The van der Waals surface area contributed by atoms with E-state index in [4.69, 9.17) is 21.4 Å². The predicted octanol–water partition coefficient (Wildman–Crippen LogP) is 2.02. The van der Waals surface area contributed by atoms with E-state index in [9.17, 15) is 4.79 Å². The molecular formula is C11H10ClN3O3. The van der Waals surface area contributed by atoms with Crippen LogP contribution in [0.4, 0.5) is 0 Å². The van der Waals surface area contributed by atoms with Gasteiger partial charge in [0.05, 0.1) is 29.6 Å². The lowest BCUT2D eigenvalue weighted by atomic mass is 10.2. The summed E-state index contributed by atoms with van der Waals surface area (Å²) in [5.41, 5.74) is -0.0184. The van der Waals surface area contributed by atoms with Crippen LogP contribution in [0.1, 0.15) is 17.3 Å². The minimum Gasteiger partial charge on any atom is -0.491 e. The second kappa shape index (κ2) is 5.05. The normalized spacial score (nSPS) is 10.3. The van der Waals surface area contributed by atoms with Gasteiger partial charge in [0.1, 0.15) is 0 Å². The maximum atomic E-state index is 10.9. The van der Waals surface area contributed by atoms with Crippen LogP contribution in [-0.2, 0) is 0 Å². The molecule has 0 radical (unpaired) electrons. The van der Waals surface area contributed by atoms with Gasteiger partial charge in [-0.2, -0.15) is 5.10 Å². The van der Waals surface area contributed by atoms with E-state index in [1.807, 2.05) is 6.92 Å². The molecule has 0 fully saturated rings. The zero-order chi connectivity index (χ0) is 13.1. The summed E-state index contributed by atoms with van der Waals surface area (Å²) in [7, 11) is 0. The molecule has 2 aromatic heterocycles. The summed E-state index contributed by atoms with van der Waals surface area (Å²) in [5, 5.41) is 13.0. The third-order valence-electron chi connectivity index (χ3n) is 2.19. The van der Waals surface area contributed by atoms with Crippen LogP contribution in [0.5, 0.6) is 5.75 Å². The van der Waals surface area contributed by atoms with Crippen molar-refractivity contribution in [3.63, 3.8) is 0 Å². The van der Waals surface area contributed by atoms with Crippen LogP contribution in [0.3, 0.4) is 0 Å². The number of pyridine rings is 1. The van der Waals surface area contributed by atoms with Gasteiger partial charge in [0.15, 0.2) is 11.6 Å². The molecule has 0 aliphatic rings. The van der Waals surface area contributed by atoms with Crippen LogP contribution in [0.2, 0.25) is 5.02 Å². The van der Waals surface area contributed by atoms with Crippen molar-refractivity contribution in [1.29, 1.82) is 0 Å². The molecule has 2 heterocycles. The number of carboxylic acids is 1. The summed E-state index contributed by atoms with van der Waals surface area (Å²) in [5.74, 6) is -0.292. The fraction of sp³-hybridized carbons (Fsp3) is 0.182. The SMILES string of the molecule is CCOc1cnn(-c2nccc(C(=O)O)c2Cl)c1. The van der Waals surface area contributed by atoms with Gasteiger partial charge in [-0.1, -0.05) is 11.6 Å². The highest BCUT2D eigenvalue weighted by atomic mass is 35.5. The molecule has 0 saturated carbocycles. The first-order valence-electron chi connectivity index (χ1n) is 5.19. The largest absolute Gasteiger partial charge is 0.491 e. The molecule has 0 spiro atoms. The number of hydrogen-bond acceptors (Lipinski definition) is 4. The van der Waals surface area contributed by atoms with Crippen molar-refractivity contribution in [3.05, 3.63) is 35.2 Å². The molecule has 6 nitrogen and oxygen atoms in total. The maximum Gasteiger partial charge on any atom is 0.337 e. The number of carboxylic acid groups (broad SMARTS) is 1. The Kier molecular flexibility index (Phi) is 3.47. The van der Waals surface area contributed by atoms with Crippen molar-refractivity contribution in [2.24, 2.45) is 0 Å². The van der Waals surface area contributed by atoms with E-state index in [1.165, 1.54) is 23.1 Å². The fourth-order valence-corrected chi connectivity index (χ4v) is 1.70. The number of aromatic nitrogens is 3. The van der Waals surface area contributed by atoms with Crippen LogP contribution >= 0.6 is 11.6 Å². The monoisotopic (exact) mass is 267 g/mol. The van der Waals surface area contributed by atoms with E-state index >= 15 is 0 Å². The number of ether oxygens (including phenoxy) is 1. The van der Waals surface area contributed by atoms with Crippen molar-refractivity contribution in [1.82, 2.24) is 14.8 Å². The highest BCUT2D eigenvalue weighted by Crippen LogP contribution is 2.23. The van der Waals surface area contributed by atoms with Crippen molar-refractivity contribution in [3.8, 4) is 11.6 Å². The van der Waals surface area contributed by atoms with Gasteiger partial charge in [0, 0.05) is 6.20 Å². The van der Waals surface area contributed by atoms with E-state index in [0.717, 1.165) is 0 Å². The topological polar surface area (TPSA) is 77.2 Å². The number of nitrogens with zero attached hydrogens (tertiary/aromatic N) is 3. The van der Waals surface area contributed by atoms with Gasteiger partial charge in [-0.05, 0) is 13.0 Å². The van der Waals surface area contributed by atoms with Crippen molar-refractivity contribution < 1.29 is 14.6 Å². The first kappa shape index (κ1) is 12.4. The summed E-state index contributed by atoms with van der Waals surface area (Å²) in [4.78, 5) is 15.0. The van der Waals surface area contributed by atoms with E-state index in [0.29, 0.717) is 12.4 Å². The highest BCUT2D eigenvalue weighted by Gasteiger charge is 2.15. The third kappa shape index (κ3) is 2.28. The molecule has 1 N–H and O–H groups in total. The second-order valence-corrected chi connectivity index (χ2v) is 3.73. The zero-order valence-electron chi connectivity index (χ0n) is 9.50. The average Bonchev–Trinajstić information content (AvgIpc) is 2.78. The van der Waals surface area contributed by atoms with Crippen LogP contribution in [-0.4, -0.2) is 32.4 Å². The first-order chi connectivity index (χ1) is 8.63. The molecule has 0 unspecified atom stereocenters. The fourth-order valence-electron chi connectivity index (χ4n) is 1.42. The van der Waals surface area contributed by atoms with E-state index in [-0.39, 0.29) is 16.4 Å². The van der Waals surface area contributed by atoms with Gasteiger partial charge in [-0.25, -0.2) is 14.5 Å². The van der Waals surface area contributed by atoms with Gasteiger partial charge in [-0.15, -0.1) is 0 Å². The number of aromatic carboxylic acids is 1. The van der Waals surface area contributed by atoms with Gasteiger partial charge in [0.2, 0.25) is 0 Å². The molecule has 0 saturated heterocycles. The van der Waals surface area contributed by atoms with Crippen LogP contribution < -0.4 is 4.74 Å². The second-order valence-electron chi connectivity index (χ2n) is 3.35. The molecule has 2 aromatic rings. The Morgan fingerprint density at radius 2 is 2.39 bits per heavy atom. The molecule has 0 aromatic carbocycles. The van der Waals surface area contributed by atoms with E-state index in [1.54, 1.807) is 6.20 Å². The van der Waals surface area contributed by atoms with Crippen LogP contribution in [0.15, 0.2) is 24.7 Å². The lowest BCUT2D eigenvalue weighted by molar-refractivity contribution is 0.0697. The maximum absolute atomic E-state index is 10.9. The lowest BCUT2D eigenvalue weighted by Crippen LogP contribution is -2.04. The smallest absolute Gasteiger partial charge is 0.337 e. The molecule has 0 aliphatic heterocycles. The summed E-state index contributed by atoms with van der Waals surface area (Å²) in [6.07, 6.45) is 4.46. The van der Waals surface area contributed by atoms with E-state index in [2.05, 4.69) is 10.1 Å². The molecule has 0 amide bonds. The van der Waals surface area contributed by atoms with Crippen molar-refractivity contribution in [2.75, 3.05) is 6.61 Å². The number of rotatable bonds is 4. The summed E-state index contributed by atoms with van der Waals surface area (Å²) in [6, 6.07) is 1.33. The molecule has 18 heavy (non-hydrogen) atoms. The van der Waals surface area contributed by atoms with Gasteiger partial charge in [-0.3, -0.25) is 0 Å². The summed E-state index contributed by atoms with van der Waals surface area (Å²) in [6.45, 7) is 2.37. The predicted molar refractivity (Wildman–Crippen MR) is 64.5 cm³/mol. The zero-order valence-corrected chi connectivity index (χ0v) is 10.3. The summed E-state index contributed by atoms with van der Waals surface area (Å²) >= 11 is 5.98. The van der Waals surface area contributed by atoms with Gasteiger partial charge < -0.3 is 9.84 Å². The Hall–Kier alpha value is -2.08. The quantitative estimate of drug-likeness (QED) is 0.917. The minimum atomic E-state index is -1.11. The Labute approximate surface area is 108 Å². The molecule has 0 aliphatic carbocycles. The van der Waals surface area contributed by atoms with Crippen LogP contribution in [0.25, 0.3) is 5.82 Å². The van der Waals surface area contributed by atoms with Crippen molar-refractivity contribution in [2.45, 2.75) is 6.92 Å².